The second-order valence-corrected chi connectivity index (χ2v) is 6.20. The smallest absolute Gasteiger partial charge is 0.151 e. The fourth-order valence-electron chi connectivity index (χ4n) is 2.04. The standard InChI is InChI=1S/C9H19NO3S/c1-14(12,13)9-5-2-4-8(9)10-6-3-7-11/h8-11H,2-7H2,1H3. The lowest BCUT2D eigenvalue weighted by atomic mass is 10.2. The van der Waals surface area contributed by atoms with Crippen LogP contribution >= 0.6 is 0 Å². The van der Waals surface area contributed by atoms with Crippen molar-refractivity contribution in [3.05, 3.63) is 0 Å². The van der Waals surface area contributed by atoms with Gasteiger partial charge in [0, 0.05) is 18.9 Å². The van der Waals surface area contributed by atoms with Crippen LogP contribution in [0.3, 0.4) is 0 Å². The van der Waals surface area contributed by atoms with E-state index >= 15 is 0 Å². The van der Waals surface area contributed by atoms with Gasteiger partial charge in [0.15, 0.2) is 9.84 Å². The first-order valence-electron chi connectivity index (χ1n) is 5.09. The lowest BCUT2D eigenvalue weighted by Crippen LogP contribution is -2.40. The van der Waals surface area contributed by atoms with Crippen molar-refractivity contribution >= 4 is 9.84 Å². The summed E-state index contributed by atoms with van der Waals surface area (Å²) in [7, 11) is -2.91. The number of hydrogen-bond donors (Lipinski definition) is 2. The summed E-state index contributed by atoms with van der Waals surface area (Å²) in [6.07, 6.45) is 4.68. The lowest BCUT2D eigenvalue weighted by molar-refractivity contribution is 0.283. The van der Waals surface area contributed by atoms with Gasteiger partial charge in [-0.15, -0.1) is 0 Å². The Balaban J connectivity index is 2.44. The maximum Gasteiger partial charge on any atom is 0.151 e. The Morgan fingerprint density at radius 1 is 1.43 bits per heavy atom. The van der Waals surface area contributed by atoms with Crippen molar-refractivity contribution in [1.82, 2.24) is 5.32 Å². The van der Waals surface area contributed by atoms with Gasteiger partial charge in [-0.05, 0) is 25.8 Å². The Labute approximate surface area is 85.6 Å². The molecule has 1 aliphatic rings. The molecule has 0 saturated heterocycles. The highest BCUT2D eigenvalue weighted by Gasteiger charge is 2.33. The molecule has 0 aliphatic heterocycles. The van der Waals surface area contributed by atoms with Gasteiger partial charge in [-0.1, -0.05) is 6.42 Å². The quantitative estimate of drug-likeness (QED) is 0.638. The summed E-state index contributed by atoms with van der Waals surface area (Å²) in [5.74, 6) is 0. The van der Waals surface area contributed by atoms with Gasteiger partial charge in [-0.3, -0.25) is 0 Å². The van der Waals surface area contributed by atoms with Crippen LogP contribution in [0.25, 0.3) is 0 Å². The van der Waals surface area contributed by atoms with Crippen molar-refractivity contribution < 1.29 is 13.5 Å². The Morgan fingerprint density at radius 2 is 2.14 bits per heavy atom. The summed E-state index contributed by atoms with van der Waals surface area (Å²) < 4.78 is 22.8. The van der Waals surface area contributed by atoms with E-state index in [9.17, 15) is 8.42 Å². The summed E-state index contributed by atoms with van der Waals surface area (Å²) in [4.78, 5) is 0. The molecular weight excluding hydrogens is 202 g/mol. The molecule has 0 amide bonds. The van der Waals surface area contributed by atoms with Crippen molar-refractivity contribution in [2.75, 3.05) is 19.4 Å². The van der Waals surface area contributed by atoms with Gasteiger partial charge in [-0.25, -0.2) is 8.42 Å². The monoisotopic (exact) mass is 221 g/mol. The van der Waals surface area contributed by atoms with E-state index in [1.54, 1.807) is 0 Å². The first-order chi connectivity index (χ1) is 6.55. The topological polar surface area (TPSA) is 66.4 Å². The summed E-state index contributed by atoms with van der Waals surface area (Å²) >= 11 is 0. The maximum atomic E-state index is 11.4. The van der Waals surface area contributed by atoms with Gasteiger partial charge < -0.3 is 10.4 Å². The van der Waals surface area contributed by atoms with Crippen LogP contribution < -0.4 is 5.32 Å². The van der Waals surface area contributed by atoms with E-state index in [4.69, 9.17) is 5.11 Å². The van der Waals surface area contributed by atoms with Crippen LogP contribution in [0.1, 0.15) is 25.7 Å². The molecule has 0 aromatic rings. The Hall–Kier alpha value is -0.130. The summed E-state index contributed by atoms with van der Waals surface area (Å²) in [5, 5.41) is 11.6. The summed E-state index contributed by atoms with van der Waals surface area (Å²) in [6, 6.07) is 0.0940. The zero-order valence-electron chi connectivity index (χ0n) is 8.57. The molecule has 1 fully saturated rings. The average Bonchev–Trinajstić information content (AvgIpc) is 2.52. The van der Waals surface area contributed by atoms with Crippen LogP contribution in [0, 0.1) is 0 Å². The largest absolute Gasteiger partial charge is 0.396 e. The third-order valence-electron chi connectivity index (χ3n) is 2.74. The van der Waals surface area contributed by atoms with E-state index in [0.29, 0.717) is 13.0 Å². The zero-order chi connectivity index (χ0) is 10.6. The number of hydrogen-bond acceptors (Lipinski definition) is 4. The van der Waals surface area contributed by atoms with Crippen molar-refractivity contribution in [3.63, 3.8) is 0 Å². The first-order valence-corrected chi connectivity index (χ1v) is 7.04. The second kappa shape index (κ2) is 5.09. The predicted molar refractivity (Wildman–Crippen MR) is 56.0 cm³/mol. The van der Waals surface area contributed by atoms with Gasteiger partial charge in [0.05, 0.1) is 5.25 Å². The number of aliphatic hydroxyl groups excluding tert-OH is 1. The average molecular weight is 221 g/mol. The first kappa shape index (κ1) is 11.9. The van der Waals surface area contributed by atoms with E-state index in [1.165, 1.54) is 6.26 Å². The zero-order valence-corrected chi connectivity index (χ0v) is 9.39. The molecule has 14 heavy (non-hydrogen) atoms. The SMILES string of the molecule is CS(=O)(=O)C1CCCC1NCCCO. The molecule has 4 nitrogen and oxygen atoms in total. The van der Waals surface area contributed by atoms with Gasteiger partial charge in [-0.2, -0.15) is 0 Å². The third kappa shape index (κ3) is 3.22. The van der Waals surface area contributed by atoms with Crippen LogP contribution in [0.15, 0.2) is 0 Å². The van der Waals surface area contributed by atoms with Crippen molar-refractivity contribution in [2.45, 2.75) is 37.0 Å². The normalized spacial score (nSPS) is 28.1. The molecule has 0 heterocycles. The third-order valence-corrected chi connectivity index (χ3v) is 4.41. The van der Waals surface area contributed by atoms with Crippen LogP contribution in [0.2, 0.25) is 0 Å². The van der Waals surface area contributed by atoms with Crippen molar-refractivity contribution in [1.29, 1.82) is 0 Å². The Morgan fingerprint density at radius 3 is 2.71 bits per heavy atom. The molecule has 2 atom stereocenters. The van der Waals surface area contributed by atoms with Crippen LogP contribution in [-0.4, -0.2) is 44.2 Å². The molecule has 1 saturated carbocycles. The molecule has 1 aliphatic carbocycles. The number of aliphatic hydroxyl groups is 1. The van der Waals surface area contributed by atoms with E-state index < -0.39 is 9.84 Å². The molecule has 5 heteroatoms. The number of rotatable bonds is 5. The number of sulfone groups is 1. The van der Waals surface area contributed by atoms with E-state index in [2.05, 4.69) is 5.32 Å². The van der Waals surface area contributed by atoms with Gasteiger partial charge in [0.25, 0.3) is 0 Å². The molecule has 0 bridgehead atoms. The minimum atomic E-state index is -2.91. The van der Waals surface area contributed by atoms with Crippen molar-refractivity contribution in [2.24, 2.45) is 0 Å². The Kier molecular flexibility index (Phi) is 4.34. The minimum absolute atomic E-state index is 0.0940. The fraction of sp³-hybridized carbons (Fsp3) is 1.00. The second-order valence-electron chi connectivity index (χ2n) is 3.94. The number of nitrogens with one attached hydrogen (secondary N) is 1. The lowest BCUT2D eigenvalue weighted by Gasteiger charge is -2.19. The molecule has 1 rings (SSSR count). The molecule has 2 N–H and O–H groups in total. The Bertz CT molecular complexity index is 263. The summed E-state index contributed by atoms with van der Waals surface area (Å²) in [5.41, 5.74) is 0. The minimum Gasteiger partial charge on any atom is -0.396 e. The molecule has 2 unspecified atom stereocenters. The van der Waals surface area contributed by atoms with E-state index in [0.717, 1.165) is 19.3 Å². The van der Waals surface area contributed by atoms with Crippen LogP contribution in [0.4, 0.5) is 0 Å². The maximum absolute atomic E-state index is 11.4. The molecule has 0 spiro atoms. The van der Waals surface area contributed by atoms with E-state index in [-0.39, 0.29) is 17.9 Å². The van der Waals surface area contributed by atoms with E-state index in [1.807, 2.05) is 0 Å². The molecule has 0 radical (unpaired) electrons. The summed E-state index contributed by atoms with van der Waals surface area (Å²) in [6.45, 7) is 0.858. The molecular formula is C9H19NO3S. The van der Waals surface area contributed by atoms with Gasteiger partial charge >= 0.3 is 0 Å². The fourth-order valence-corrected chi connectivity index (χ4v) is 3.46. The van der Waals surface area contributed by atoms with Crippen LogP contribution in [-0.2, 0) is 9.84 Å². The highest BCUT2D eigenvalue weighted by atomic mass is 32.2. The molecule has 0 aromatic heterocycles. The highest BCUT2D eigenvalue weighted by Crippen LogP contribution is 2.24. The van der Waals surface area contributed by atoms with Gasteiger partial charge in [0.2, 0.25) is 0 Å². The highest BCUT2D eigenvalue weighted by molar-refractivity contribution is 7.91. The molecule has 0 aromatic carbocycles. The van der Waals surface area contributed by atoms with Crippen molar-refractivity contribution in [3.8, 4) is 0 Å². The predicted octanol–water partition coefficient (Wildman–Crippen LogP) is -0.0759. The van der Waals surface area contributed by atoms with Gasteiger partial charge in [0.1, 0.15) is 0 Å². The molecule has 84 valence electrons. The van der Waals surface area contributed by atoms with Crippen LogP contribution in [0.5, 0.6) is 0 Å².